The highest BCUT2D eigenvalue weighted by Crippen LogP contribution is 2.47. The predicted molar refractivity (Wildman–Crippen MR) is 97.4 cm³/mol. The topological polar surface area (TPSA) is 72.8 Å². The molecule has 1 aromatic rings. The number of benzene rings is 1. The summed E-state index contributed by atoms with van der Waals surface area (Å²) >= 11 is 6.05. The van der Waals surface area contributed by atoms with Crippen molar-refractivity contribution >= 4 is 23.4 Å². The quantitative estimate of drug-likeness (QED) is 0.840. The van der Waals surface area contributed by atoms with E-state index in [0.29, 0.717) is 43.9 Å². The molecule has 3 rings (SSSR count). The van der Waals surface area contributed by atoms with E-state index < -0.39 is 17.2 Å². The van der Waals surface area contributed by atoms with Crippen molar-refractivity contribution in [1.29, 1.82) is 0 Å². The maximum Gasteiger partial charge on any atom is 0.310 e. The number of carboxylic acids is 1. The highest BCUT2D eigenvalue weighted by molar-refractivity contribution is 6.30. The van der Waals surface area contributed by atoms with Crippen LogP contribution in [-0.2, 0) is 25.5 Å². The third kappa shape index (κ3) is 3.80. The van der Waals surface area contributed by atoms with Crippen molar-refractivity contribution in [3.05, 3.63) is 33.8 Å². The first kappa shape index (κ1) is 19.3. The summed E-state index contributed by atoms with van der Waals surface area (Å²) < 4.78 is 11.4. The molecule has 6 heteroatoms. The van der Waals surface area contributed by atoms with Gasteiger partial charge in [0.1, 0.15) is 5.78 Å². The monoisotopic (exact) mass is 380 g/mol. The van der Waals surface area contributed by atoms with E-state index in [1.807, 2.05) is 26.0 Å². The minimum atomic E-state index is -1.02. The van der Waals surface area contributed by atoms with Gasteiger partial charge in [-0.25, -0.2) is 0 Å². The number of hydrogen-bond donors (Lipinski definition) is 1. The molecule has 2 fully saturated rings. The summed E-state index contributed by atoms with van der Waals surface area (Å²) in [5.74, 6) is -1.58. The summed E-state index contributed by atoms with van der Waals surface area (Å²) in [6, 6.07) is 3.67. The molecule has 0 amide bonds. The fraction of sp³-hybridized carbons (Fsp3) is 0.600. The maximum absolute atomic E-state index is 12.7. The molecule has 1 heterocycles. The van der Waals surface area contributed by atoms with E-state index in [-0.39, 0.29) is 18.6 Å². The van der Waals surface area contributed by atoms with Crippen molar-refractivity contribution in [2.75, 3.05) is 13.2 Å². The number of carbonyl (C=O) groups is 2. The Morgan fingerprint density at radius 1 is 1.08 bits per heavy atom. The number of aryl methyl sites for hydroxylation is 2. The van der Waals surface area contributed by atoms with Crippen molar-refractivity contribution in [3.63, 3.8) is 0 Å². The van der Waals surface area contributed by atoms with E-state index in [4.69, 9.17) is 21.1 Å². The number of carboxylic acid groups (broad SMARTS) is 1. The van der Waals surface area contributed by atoms with Crippen molar-refractivity contribution in [3.8, 4) is 0 Å². The van der Waals surface area contributed by atoms with Crippen LogP contribution in [0.3, 0.4) is 0 Å². The Labute approximate surface area is 158 Å². The molecule has 0 aromatic heterocycles. The van der Waals surface area contributed by atoms with E-state index in [1.165, 1.54) is 0 Å². The molecule has 1 aromatic carbocycles. The van der Waals surface area contributed by atoms with Gasteiger partial charge in [-0.05, 0) is 55.5 Å². The van der Waals surface area contributed by atoms with E-state index in [0.717, 1.165) is 16.7 Å². The van der Waals surface area contributed by atoms with E-state index >= 15 is 0 Å². The molecule has 1 aliphatic heterocycles. The average molecular weight is 381 g/mol. The third-order valence-electron chi connectivity index (χ3n) is 5.81. The van der Waals surface area contributed by atoms with E-state index in [1.54, 1.807) is 0 Å². The Kier molecular flexibility index (Phi) is 5.42. The van der Waals surface area contributed by atoms with Crippen molar-refractivity contribution in [1.82, 2.24) is 0 Å². The standard InChI is InChI=1S/C20H25ClO5/c1-13-9-15(21)10-14(2)17(13)11-16(22)12-19(18(23)24)3-5-20(6-4-19)25-7-8-26-20/h9-10H,3-8,11-12H2,1-2H3,(H,23,24). The lowest BCUT2D eigenvalue weighted by Gasteiger charge is -2.40. The average Bonchev–Trinajstić information content (AvgIpc) is 3.02. The second-order valence-corrected chi connectivity index (χ2v) is 8.04. The lowest BCUT2D eigenvalue weighted by molar-refractivity contribution is -0.198. The molecule has 2 aliphatic rings. The zero-order chi connectivity index (χ0) is 18.9. The summed E-state index contributed by atoms with van der Waals surface area (Å²) in [6.45, 7) is 4.95. The lowest BCUT2D eigenvalue weighted by Crippen LogP contribution is -2.44. The summed E-state index contributed by atoms with van der Waals surface area (Å²) in [7, 11) is 0. The highest BCUT2D eigenvalue weighted by Gasteiger charge is 2.50. The first-order valence-electron chi connectivity index (χ1n) is 9.04. The van der Waals surface area contributed by atoms with Gasteiger partial charge in [0.25, 0.3) is 0 Å². The Morgan fingerprint density at radius 2 is 1.62 bits per heavy atom. The summed E-state index contributed by atoms with van der Waals surface area (Å²) in [6.07, 6.45) is 2.11. The Morgan fingerprint density at radius 3 is 2.12 bits per heavy atom. The fourth-order valence-electron chi connectivity index (χ4n) is 4.22. The van der Waals surface area contributed by atoms with Gasteiger partial charge in [-0.15, -0.1) is 0 Å². The van der Waals surface area contributed by atoms with Crippen LogP contribution in [0.15, 0.2) is 12.1 Å². The van der Waals surface area contributed by atoms with Crippen molar-refractivity contribution < 1.29 is 24.2 Å². The number of aliphatic carboxylic acids is 1. The van der Waals surface area contributed by atoms with Crippen LogP contribution in [0, 0.1) is 19.3 Å². The molecule has 0 atom stereocenters. The van der Waals surface area contributed by atoms with Gasteiger partial charge >= 0.3 is 5.97 Å². The number of rotatable bonds is 5. The Bertz CT molecular complexity index is 688. The number of hydrogen-bond acceptors (Lipinski definition) is 4. The third-order valence-corrected chi connectivity index (χ3v) is 6.02. The van der Waals surface area contributed by atoms with E-state index in [2.05, 4.69) is 0 Å². The van der Waals surface area contributed by atoms with Gasteiger partial charge in [-0.2, -0.15) is 0 Å². The summed E-state index contributed by atoms with van der Waals surface area (Å²) in [5.41, 5.74) is 1.84. The fourth-order valence-corrected chi connectivity index (χ4v) is 4.55. The van der Waals surface area contributed by atoms with E-state index in [9.17, 15) is 14.7 Å². The van der Waals surface area contributed by atoms with Crippen LogP contribution in [0.4, 0.5) is 0 Å². The molecule has 0 unspecified atom stereocenters. The zero-order valence-electron chi connectivity index (χ0n) is 15.3. The van der Waals surface area contributed by atoms with Gasteiger partial charge < -0.3 is 14.6 Å². The molecular formula is C20H25ClO5. The SMILES string of the molecule is Cc1cc(Cl)cc(C)c1CC(=O)CC1(C(=O)O)CCC2(CC1)OCCO2. The molecule has 26 heavy (non-hydrogen) atoms. The first-order chi connectivity index (χ1) is 12.3. The lowest BCUT2D eigenvalue weighted by atomic mass is 9.68. The molecule has 1 aliphatic carbocycles. The number of halogens is 1. The van der Waals surface area contributed by atoms with Crippen LogP contribution in [0.25, 0.3) is 0 Å². The van der Waals surface area contributed by atoms with Crippen LogP contribution in [0.2, 0.25) is 5.02 Å². The predicted octanol–water partition coefficient (Wildman–Crippen LogP) is 3.85. The second kappa shape index (κ2) is 7.29. The van der Waals surface area contributed by atoms with Gasteiger partial charge in [0.2, 0.25) is 0 Å². The molecule has 1 saturated carbocycles. The zero-order valence-corrected chi connectivity index (χ0v) is 16.0. The molecule has 5 nitrogen and oxygen atoms in total. The minimum Gasteiger partial charge on any atom is -0.481 e. The van der Waals surface area contributed by atoms with Crippen LogP contribution >= 0.6 is 11.6 Å². The van der Waals surface area contributed by atoms with Gasteiger partial charge in [0.15, 0.2) is 5.79 Å². The van der Waals surface area contributed by atoms with Crippen LogP contribution in [0.5, 0.6) is 0 Å². The van der Waals surface area contributed by atoms with Crippen LogP contribution in [0.1, 0.15) is 48.8 Å². The molecular weight excluding hydrogens is 356 g/mol. The smallest absolute Gasteiger partial charge is 0.310 e. The molecule has 0 bridgehead atoms. The largest absolute Gasteiger partial charge is 0.481 e. The molecule has 1 saturated heterocycles. The molecule has 142 valence electrons. The van der Waals surface area contributed by atoms with Crippen LogP contribution in [-0.4, -0.2) is 35.9 Å². The number of Topliss-reactive ketones (excluding diaryl/α,β-unsaturated/α-hetero) is 1. The molecule has 1 N–H and O–H groups in total. The maximum atomic E-state index is 12.7. The number of carbonyl (C=O) groups excluding carboxylic acids is 1. The minimum absolute atomic E-state index is 0.0416. The normalized spacial score (nSPS) is 21.0. The molecule has 0 radical (unpaired) electrons. The van der Waals surface area contributed by atoms with Gasteiger partial charge in [-0.3, -0.25) is 9.59 Å². The number of ketones is 1. The van der Waals surface area contributed by atoms with Crippen molar-refractivity contribution in [2.45, 2.75) is 58.2 Å². The molecule has 1 spiro atoms. The Balaban J connectivity index is 1.71. The second-order valence-electron chi connectivity index (χ2n) is 7.60. The number of ether oxygens (including phenoxy) is 2. The first-order valence-corrected chi connectivity index (χ1v) is 9.42. The summed E-state index contributed by atoms with van der Waals surface area (Å²) in [4.78, 5) is 24.7. The van der Waals surface area contributed by atoms with Crippen LogP contribution < -0.4 is 0 Å². The van der Waals surface area contributed by atoms with Crippen molar-refractivity contribution in [2.24, 2.45) is 5.41 Å². The van der Waals surface area contributed by atoms with Gasteiger partial charge in [0.05, 0.1) is 18.6 Å². The highest BCUT2D eigenvalue weighted by atomic mass is 35.5. The van der Waals surface area contributed by atoms with Gasteiger partial charge in [0, 0.05) is 30.7 Å². The summed E-state index contributed by atoms with van der Waals surface area (Å²) in [5, 5.41) is 10.5. The van der Waals surface area contributed by atoms with Gasteiger partial charge in [-0.1, -0.05) is 11.6 Å². The Hall–Kier alpha value is -1.43.